The highest BCUT2D eigenvalue weighted by Gasteiger charge is 2.15. The van der Waals surface area contributed by atoms with E-state index in [4.69, 9.17) is 9.47 Å². The molecule has 0 heterocycles. The van der Waals surface area contributed by atoms with Crippen molar-refractivity contribution in [1.29, 1.82) is 0 Å². The summed E-state index contributed by atoms with van der Waals surface area (Å²) in [5.41, 5.74) is 0.480. The van der Waals surface area contributed by atoms with Crippen molar-refractivity contribution in [3.05, 3.63) is 53.8 Å². The molecule has 7 nitrogen and oxygen atoms in total. The summed E-state index contributed by atoms with van der Waals surface area (Å²) in [6.07, 6.45) is 0. The lowest BCUT2D eigenvalue weighted by Crippen LogP contribution is -2.21. The first-order valence-electron chi connectivity index (χ1n) is 7.58. The zero-order valence-electron chi connectivity index (χ0n) is 14.2. The standard InChI is InChI=1S/C18H17FN2O5/c1-11(22)20-12-7-8-16(25-2)15(9-12)21-17(23)10-26-18(24)13-5-3-4-6-14(13)19/h3-9H,10H2,1-2H3,(H,20,22)(H,21,23). The molecule has 0 aliphatic heterocycles. The quantitative estimate of drug-likeness (QED) is 0.773. The molecule has 2 amide bonds. The fourth-order valence-corrected chi connectivity index (χ4v) is 2.11. The Hall–Kier alpha value is -3.42. The van der Waals surface area contributed by atoms with Crippen LogP contribution in [-0.4, -0.2) is 31.5 Å². The van der Waals surface area contributed by atoms with E-state index in [0.29, 0.717) is 11.4 Å². The minimum Gasteiger partial charge on any atom is -0.495 e. The molecule has 0 bridgehead atoms. The molecule has 2 N–H and O–H groups in total. The van der Waals surface area contributed by atoms with Crippen molar-refractivity contribution >= 4 is 29.2 Å². The molecule has 26 heavy (non-hydrogen) atoms. The van der Waals surface area contributed by atoms with Crippen LogP contribution in [0.15, 0.2) is 42.5 Å². The third kappa shape index (κ3) is 5.04. The topological polar surface area (TPSA) is 93.7 Å². The Morgan fingerprint density at radius 3 is 2.46 bits per heavy atom. The molecule has 8 heteroatoms. The van der Waals surface area contributed by atoms with E-state index in [2.05, 4.69) is 10.6 Å². The maximum absolute atomic E-state index is 13.5. The van der Waals surface area contributed by atoms with E-state index in [1.165, 1.54) is 38.3 Å². The van der Waals surface area contributed by atoms with Crippen LogP contribution in [0.2, 0.25) is 0 Å². The first-order valence-corrected chi connectivity index (χ1v) is 7.58. The van der Waals surface area contributed by atoms with Crippen LogP contribution in [0.5, 0.6) is 5.75 Å². The summed E-state index contributed by atoms with van der Waals surface area (Å²) in [6, 6.07) is 9.97. The number of anilines is 2. The molecule has 0 aliphatic rings. The summed E-state index contributed by atoms with van der Waals surface area (Å²) < 4.78 is 23.4. The maximum atomic E-state index is 13.5. The predicted octanol–water partition coefficient (Wildman–Crippen LogP) is 2.59. The lowest BCUT2D eigenvalue weighted by atomic mass is 10.2. The van der Waals surface area contributed by atoms with Crippen LogP contribution in [0.1, 0.15) is 17.3 Å². The predicted molar refractivity (Wildman–Crippen MR) is 92.6 cm³/mol. The van der Waals surface area contributed by atoms with Crippen LogP contribution in [0, 0.1) is 5.82 Å². The second kappa shape index (κ2) is 8.61. The smallest absolute Gasteiger partial charge is 0.341 e. The Bertz CT molecular complexity index is 838. The molecule has 136 valence electrons. The third-order valence-electron chi connectivity index (χ3n) is 3.22. The number of esters is 1. The normalized spacial score (nSPS) is 9.96. The zero-order valence-corrected chi connectivity index (χ0v) is 14.2. The molecule has 0 unspecified atom stereocenters. The summed E-state index contributed by atoms with van der Waals surface area (Å²) in [7, 11) is 1.42. The number of carbonyl (C=O) groups excluding carboxylic acids is 3. The Morgan fingerprint density at radius 1 is 1.08 bits per heavy atom. The summed E-state index contributed by atoms with van der Waals surface area (Å²) >= 11 is 0. The van der Waals surface area contributed by atoms with Crippen molar-refractivity contribution in [2.75, 3.05) is 24.4 Å². The first-order chi connectivity index (χ1) is 12.4. The fraction of sp³-hybridized carbons (Fsp3) is 0.167. The number of amides is 2. The molecule has 0 aliphatic carbocycles. The van der Waals surface area contributed by atoms with Gasteiger partial charge in [-0.2, -0.15) is 0 Å². The Labute approximate surface area is 149 Å². The molecule has 0 atom stereocenters. The van der Waals surface area contributed by atoms with E-state index in [9.17, 15) is 18.8 Å². The molecule has 0 aromatic heterocycles. The van der Waals surface area contributed by atoms with Gasteiger partial charge in [0, 0.05) is 12.6 Å². The van der Waals surface area contributed by atoms with Gasteiger partial charge in [-0.1, -0.05) is 12.1 Å². The van der Waals surface area contributed by atoms with Crippen LogP contribution in [0.4, 0.5) is 15.8 Å². The van der Waals surface area contributed by atoms with Gasteiger partial charge in [0.15, 0.2) is 6.61 Å². The zero-order chi connectivity index (χ0) is 19.1. The second-order valence-electron chi connectivity index (χ2n) is 5.20. The van der Waals surface area contributed by atoms with Crippen LogP contribution >= 0.6 is 0 Å². The SMILES string of the molecule is COc1ccc(NC(C)=O)cc1NC(=O)COC(=O)c1ccccc1F. The monoisotopic (exact) mass is 360 g/mol. The lowest BCUT2D eigenvalue weighted by Gasteiger charge is -2.12. The number of hydrogen-bond acceptors (Lipinski definition) is 5. The molecule has 0 saturated carbocycles. The molecule has 0 radical (unpaired) electrons. The average Bonchev–Trinajstić information content (AvgIpc) is 2.60. The van der Waals surface area contributed by atoms with Crippen molar-refractivity contribution < 1.29 is 28.2 Å². The third-order valence-corrected chi connectivity index (χ3v) is 3.22. The van der Waals surface area contributed by atoms with Gasteiger partial charge in [-0.25, -0.2) is 9.18 Å². The van der Waals surface area contributed by atoms with Crippen molar-refractivity contribution in [2.24, 2.45) is 0 Å². The second-order valence-corrected chi connectivity index (χ2v) is 5.20. The van der Waals surface area contributed by atoms with Crippen LogP contribution in [0.3, 0.4) is 0 Å². The molecule has 2 aromatic carbocycles. The summed E-state index contributed by atoms with van der Waals surface area (Å²) in [6.45, 7) is 0.741. The van der Waals surface area contributed by atoms with Gasteiger partial charge < -0.3 is 20.1 Å². The van der Waals surface area contributed by atoms with Crippen LogP contribution < -0.4 is 15.4 Å². The van der Waals surface area contributed by atoms with Gasteiger partial charge in [0.25, 0.3) is 5.91 Å². The van der Waals surface area contributed by atoms with E-state index in [1.54, 1.807) is 12.1 Å². The van der Waals surface area contributed by atoms with E-state index in [-0.39, 0.29) is 17.2 Å². The maximum Gasteiger partial charge on any atom is 0.341 e. The summed E-state index contributed by atoms with van der Waals surface area (Å²) in [5, 5.41) is 5.09. The number of hydrogen-bond donors (Lipinski definition) is 2. The van der Waals surface area contributed by atoms with Gasteiger partial charge in [-0.3, -0.25) is 9.59 Å². The van der Waals surface area contributed by atoms with Crippen molar-refractivity contribution in [3.63, 3.8) is 0 Å². The van der Waals surface area contributed by atoms with Crippen molar-refractivity contribution in [1.82, 2.24) is 0 Å². The Morgan fingerprint density at radius 2 is 1.81 bits per heavy atom. The van der Waals surface area contributed by atoms with Gasteiger partial charge >= 0.3 is 5.97 Å². The van der Waals surface area contributed by atoms with E-state index < -0.39 is 24.3 Å². The van der Waals surface area contributed by atoms with Gasteiger partial charge in [-0.15, -0.1) is 0 Å². The molecule has 0 fully saturated rings. The van der Waals surface area contributed by atoms with Crippen molar-refractivity contribution in [2.45, 2.75) is 6.92 Å². The number of carbonyl (C=O) groups is 3. The van der Waals surface area contributed by atoms with Crippen molar-refractivity contribution in [3.8, 4) is 5.75 Å². The van der Waals surface area contributed by atoms with Crippen LogP contribution in [-0.2, 0) is 14.3 Å². The average molecular weight is 360 g/mol. The minimum absolute atomic E-state index is 0.259. The molecule has 0 saturated heterocycles. The van der Waals surface area contributed by atoms with Crippen LogP contribution in [0.25, 0.3) is 0 Å². The first kappa shape index (κ1) is 18.9. The largest absolute Gasteiger partial charge is 0.495 e. The van der Waals surface area contributed by atoms with Gasteiger partial charge in [-0.05, 0) is 30.3 Å². The lowest BCUT2D eigenvalue weighted by molar-refractivity contribution is -0.119. The number of methoxy groups -OCH3 is 1. The number of ether oxygens (including phenoxy) is 2. The molecule has 2 aromatic rings. The Kier molecular flexibility index (Phi) is 6.26. The highest BCUT2D eigenvalue weighted by atomic mass is 19.1. The molecular weight excluding hydrogens is 343 g/mol. The molecule has 0 spiro atoms. The summed E-state index contributed by atoms with van der Waals surface area (Å²) in [4.78, 5) is 34.9. The number of benzene rings is 2. The van der Waals surface area contributed by atoms with Gasteiger partial charge in [0.05, 0.1) is 18.4 Å². The number of halogens is 1. The van der Waals surface area contributed by atoms with Gasteiger partial charge in [0.2, 0.25) is 5.91 Å². The number of rotatable bonds is 6. The fourth-order valence-electron chi connectivity index (χ4n) is 2.11. The molecular formula is C18H17FN2O5. The van der Waals surface area contributed by atoms with E-state index in [0.717, 1.165) is 6.07 Å². The summed E-state index contributed by atoms with van der Waals surface area (Å²) in [5.74, 6) is -2.24. The van der Waals surface area contributed by atoms with Gasteiger partial charge in [0.1, 0.15) is 11.6 Å². The highest BCUT2D eigenvalue weighted by molar-refractivity contribution is 5.97. The molecule has 2 rings (SSSR count). The van der Waals surface area contributed by atoms with E-state index in [1.807, 2.05) is 0 Å². The number of nitrogens with one attached hydrogen (secondary N) is 2. The highest BCUT2D eigenvalue weighted by Crippen LogP contribution is 2.27. The van der Waals surface area contributed by atoms with E-state index >= 15 is 0 Å². The Balaban J connectivity index is 2.02. The minimum atomic E-state index is -0.947.